The van der Waals surface area contributed by atoms with Gasteiger partial charge in [0.2, 0.25) is 0 Å². The molecule has 0 unspecified atom stereocenters. The normalized spacial score (nSPS) is 18.0. The van der Waals surface area contributed by atoms with Gasteiger partial charge < -0.3 is 10.1 Å². The molecule has 1 saturated heterocycles. The molecule has 1 aliphatic rings. The largest absolute Gasteiger partial charge is 0.493 e. The minimum absolute atomic E-state index is 0.236. The molecule has 1 atom stereocenters. The third-order valence-corrected chi connectivity index (χ3v) is 4.17. The fourth-order valence-electron chi connectivity index (χ4n) is 3.02. The van der Waals surface area contributed by atoms with E-state index in [4.69, 9.17) is 4.74 Å². The standard InChI is InChI=1S/C17H27FN2O/c1-13(2)7-8-16(20-11-9-19-10-12-20)14-5-4-6-15(18)17(14)21-3/h4-6,13,16,19H,7-12H2,1-3H3/t16-/m1/s1. The average molecular weight is 294 g/mol. The average Bonchev–Trinajstić information content (AvgIpc) is 2.48. The van der Waals surface area contributed by atoms with E-state index in [2.05, 4.69) is 24.1 Å². The lowest BCUT2D eigenvalue weighted by molar-refractivity contribution is 0.156. The summed E-state index contributed by atoms with van der Waals surface area (Å²) in [5.41, 5.74) is 0.986. The third-order valence-electron chi connectivity index (χ3n) is 4.17. The molecule has 1 aliphatic heterocycles. The number of methoxy groups -OCH3 is 1. The first-order valence-corrected chi connectivity index (χ1v) is 7.90. The number of halogens is 1. The molecular formula is C17H27FN2O. The molecule has 21 heavy (non-hydrogen) atoms. The highest BCUT2D eigenvalue weighted by Crippen LogP contribution is 2.35. The van der Waals surface area contributed by atoms with Gasteiger partial charge in [0.15, 0.2) is 11.6 Å². The topological polar surface area (TPSA) is 24.5 Å². The van der Waals surface area contributed by atoms with Crippen LogP contribution in [0.2, 0.25) is 0 Å². The highest BCUT2D eigenvalue weighted by Gasteiger charge is 2.26. The second kappa shape index (κ2) is 7.76. The van der Waals surface area contributed by atoms with Crippen LogP contribution < -0.4 is 10.1 Å². The molecule has 1 aromatic carbocycles. The molecule has 1 aromatic rings. The molecule has 4 heteroatoms. The van der Waals surface area contributed by atoms with E-state index in [9.17, 15) is 4.39 Å². The molecule has 0 spiro atoms. The molecule has 1 fully saturated rings. The molecule has 0 aliphatic carbocycles. The number of para-hydroxylation sites is 1. The number of nitrogens with zero attached hydrogens (tertiary/aromatic N) is 1. The Bertz CT molecular complexity index is 444. The summed E-state index contributed by atoms with van der Waals surface area (Å²) in [6.07, 6.45) is 2.17. The van der Waals surface area contributed by atoms with Gasteiger partial charge in [0.1, 0.15) is 0 Å². The second-order valence-electron chi connectivity index (χ2n) is 6.14. The zero-order chi connectivity index (χ0) is 15.2. The van der Waals surface area contributed by atoms with Crippen LogP contribution in [0.15, 0.2) is 18.2 Å². The van der Waals surface area contributed by atoms with Gasteiger partial charge in [0.05, 0.1) is 7.11 Å². The summed E-state index contributed by atoms with van der Waals surface area (Å²) in [6, 6.07) is 5.51. The lowest BCUT2D eigenvalue weighted by Gasteiger charge is -2.36. The van der Waals surface area contributed by atoms with Gasteiger partial charge in [-0.3, -0.25) is 4.90 Å². The van der Waals surface area contributed by atoms with Gasteiger partial charge in [0, 0.05) is 37.8 Å². The van der Waals surface area contributed by atoms with E-state index in [-0.39, 0.29) is 11.9 Å². The molecule has 3 nitrogen and oxygen atoms in total. The van der Waals surface area contributed by atoms with E-state index in [0.717, 1.165) is 44.6 Å². The first-order chi connectivity index (χ1) is 10.1. The summed E-state index contributed by atoms with van der Waals surface area (Å²) >= 11 is 0. The molecule has 1 heterocycles. The molecule has 1 N–H and O–H groups in total. The van der Waals surface area contributed by atoms with Crippen molar-refractivity contribution in [2.24, 2.45) is 5.92 Å². The molecule has 0 bridgehead atoms. The van der Waals surface area contributed by atoms with E-state index in [1.54, 1.807) is 13.2 Å². The van der Waals surface area contributed by atoms with Crippen molar-refractivity contribution in [2.75, 3.05) is 33.3 Å². The Morgan fingerprint density at radius 2 is 1.95 bits per heavy atom. The van der Waals surface area contributed by atoms with Gasteiger partial charge in [0.25, 0.3) is 0 Å². The van der Waals surface area contributed by atoms with E-state index in [0.29, 0.717) is 11.7 Å². The lowest BCUT2D eigenvalue weighted by Crippen LogP contribution is -2.45. The van der Waals surface area contributed by atoms with Crippen LogP contribution in [-0.4, -0.2) is 38.2 Å². The maximum absolute atomic E-state index is 14.0. The number of hydrogen-bond donors (Lipinski definition) is 1. The van der Waals surface area contributed by atoms with Crippen molar-refractivity contribution < 1.29 is 9.13 Å². The number of rotatable bonds is 6. The summed E-state index contributed by atoms with van der Waals surface area (Å²) in [5, 5.41) is 3.38. The Kier molecular flexibility index (Phi) is 6.00. The predicted octanol–water partition coefficient (Wildman–Crippen LogP) is 3.22. The maximum Gasteiger partial charge on any atom is 0.165 e. The molecule has 118 valence electrons. The van der Waals surface area contributed by atoms with Crippen LogP contribution in [0.25, 0.3) is 0 Å². The summed E-state index contributed by atoms with van der Waals surface area (Å²) < 4.78 is 19.4. The fraction of sp³-hybridized carbons (Fsp3) is 0.647. The predicted molar refractivity (Wildman–Crippen MR) is 84.2 cm³/mol. The summed E-state index contributed by atoms with van der Waals surface area (Å²) in [5.74, 6) is 0.791. The number of benzene rings is 1. The minimum Gasteiger partial charge on any atom is -0.493 e. The summed E-state index contributed by atoms with van der Waals surface area (Å²) in [6.45, 7) is 8.46. The fourth-order valence-corrected chi connectivity index (χ4v) is 3.02. The van der Waals surface area contributed by atoms with Crippen molar-refractivity contribution in [1.29, 1.82) is 0 Å². The number of ether oxygens (including phenoxy) is 1. The van der Waals surface area contributed by atoms with Gasteiger partial charge in [-0.15, -0.1) is 0 Å². The summed E-state index contributed by atoms with van der Waals surface area (Å²) in [4.78, 5) is 2.45. The first kappa shape index (κ1) is 16.2. The second-order valence-corrected chi connectivity index (χ2v) is 6.14. The van der Waals surface area contributed by atoms with Crippen LogP contribution in [0.5, 0.6) is 5.75 Å². The van der Waals surface area contributed by atoms with Crippen LogP contribution in [-0.2, 0) is 0 Å². The first-order valence-electron chi connectivity index (χ1n) is 7.90. The highest BCUT2D eigenvalue weighted by molar-refractivity contribution is 5.37. The minimum atomic E-state index is -0.264. The van der Waals surface area contributed by atoms with Gasteiger partial charge in [-0.2, -0.15) is 0 Å². The Morgan fingerprint density at radius 3 is 2.57 bits per heavy atom. The van der Waals surface area contributed by atoms with Crippen molar-refractivity contribution in [3.05, 3.63) is 29.6 Å². The van der Waals surface area contributed by atoms with Crippen molar-refractivity contribution in [1.82, 2.24) is 10.2 Å². The van der Waals surface area contributed by atoms with Gasteiger partial charge >= 0.3 is 0 Å². The molecule has 0 aromatic heterocycles. The van der Waals surface area contributed by atoms with Crippen LogP contribution in [0.1, 0.15) is 38.3 Å². The van der Waals surface area contributed by atoms with E-state index < -0.39 is 0 Å². The van der Waals surface area contributed by atoms with Crippen molar-refractivity contribution in [3.8, 4) is 5.75 Å². The molecular weight excluding hydrogens is 267 g/mol. The molecule has 0 radical (unpaired) electrons. The number of piperazine rings is 1. The Hall–Kier alpha value is -1.13. The Labute approximate surface area is 127 Å². The maximum atomic E-state index is 14.0. The van der Waals surface area contributed by atoms with Crippen molar-refractivity contribution in [3.63, 3.8) is 0 Å². The lowest BCUT2D eigenvalue weighted by atomic mass is 9.95. The monoisotopic (exact) mass is 294 g/mol. The zero-order valence-electron chi connectivity index (χ0n) is 13.4. The summed E-state index contributed by atoms with van der Waals surface area (Å²) in [7, 11) is 1.55. The Morgan fingerprint density at radius 1 is 1.24 bits per heavy atom. The zero-order valence-corrected chi connectivity index (χ0v) is 13.4. The van der Waals surface area contributed by atoms with E-state index in [1.807, 2.05) is 6.07 Å². The smallest absolute Gasteiger partial charge is 0.165 e. The molecule has 0 amide bonds. The van der Waals surface area contributed by atoms with Crippen LogP contribution >= 0.6 is 0 Å². The van der Waals surface area contributed by atoms with Crippen molar-refractivity contribution >= 4 is 0 Å². The molecule has 2 rings (SSSR count). The quantitative estimate of drug-likeness (QED) is 0.872. The van der Waals surface area contributed by atoms with Crippen LogP contribution in [0.3, 0.4) is 0 Å². The van der Waals surface area contributed by atoms with Gasteiger partial charge in [-0.1, -0.05) is 26.0 Å². The molecule has 0 saturated carbocycles. The van der Waals surface area contributed by atoms with Gasteiger partial charge in [-0.25, -0.2) is 4.39 Å². The van der Waals surface area contributed by atoms with Crippen LogP contribution in [0, 0.1) is 11.7 Å². The van der Waals surface area contributed by atoms with E-state index >= 15 is 0 Å². The van der Waals surface area contributed by atoms with Gasteiger partial charge in [-0.05, 0) is 24.8 Å². The van der Waals surface area contributed by atoms with Crippen LogP contribution in [0.4, 0.5) is 4.39 Å². The SMILES string of the molecule is COc1c(F)cccc1[C@@H](CCC(C)C)N1CCNCC1. The van der Waals surface area contributed by atoms with Crippen molar-refractivity contribution in [2.45, 2.75) is 32.7 Å². The number of nitrogens with one attached hydrogen (secondary N) is 1. The van der Waals surface area contributed by atoms with E-state index in [1.165, 1.54) is 6.07 Å². The number of hydrogen-bond acceptors (Lipinski definition) is 3. The Balaban J connectivity index is 2.27. The highest BCUT2D eigenvalue weighted by atomic mass is 19.1. The third kappa shape index (κ3) is 4.17.